The number of fused-ring (bicyclic) bond motifs is 1. The van der Waals surface area contributed by atoms with E-state index in [1.165, 1.54) is 46.6 Å². The number of pyridine rings is 1. The van der Waals surface area contributed by atoms with Crippen molar-refractivity contribution in [1.82, 2.24) is 4.98 Å². The van der Waals surface area contributed by atoms with E-state index in [4.69, 9.17) is 11.6 Å². The molecule has 1 saturated carbocycles. The Bertz CT molecular complexity index is 838. The van der Waals surface area contributed by atoms with Crippen LogP contribution in [0.5, 0.6) is 0 Å². The van der Waals surface area contributed by atoms with Crippen LogP contribution >= 0.6 is 50.2 Å². The smallest absolute Gasteiger partial charge is 0.131 e. The van der Waals surface area contributed by atoms with Gasteiger partial charge in [0.2, 0.25) is 0 Å². The molecule has 3 heterocycles. The van der Waals surface area contributed by atoms with Gasteiger partial charge < -0.3 is 5.32 Å². The van der Waals surface area contributed by atoms with E-state index in [1.807, 2.05) is 17.4 Å². The van der Waals surface area contributed by atoms with Crippen LogP contribution in [0, 0.1) is 0 Å². The van der Waals surface area contributed by atoms with Gasteiger partial charge in [-0.3, -0.25) is 0 Å². The van der Waals surface area contributed by atoms with Crippen molar-refractivity contribution in [3.63, 3.8) is 0 Å². The fourth-order valence-corrected chi connectivity index (χ4v) is 6.50. The Morgan fingerprint density at radius 2 is 2.12 bits per heavy atom. The molecule has 0 aromatic carbocycles. The Morgan fingerprint density at radius 1 is 1.29 bits per heavy atom. The summed E-state index contributed by atoms with van der Waals surface area (Å²) < 4.78 is 2.36. The average Bonchev–Trinajstić information content (AvgIpc) is 3.22. The van der Waals surface area contributed by atoms with Crippen molar-refractivity contribution in [2.45, 2.75) is 44.6 Å². The molecule has 0 amide bonds. The number of hydrogen-bond donors (Lipinski definition) is 1. The summed E-state index contributed by atoms with van der Waals surface area (Å²) in [5, 5.41) is 6.20. The molecule has 0 atom stereocenters. The summed E-state index contributed by atoms with van der Waals surface area (Å²) in [6, 6.07) is 6.18. The molecular formula is C18H18BrClN2S2. The van der Waals surface area contributed by atoms with E-state index < -0.39 is 0 Å². The maximum absolute atomic E-state index is 6.29. The van der Waals surface area contributed by atoms with Crippen molar-refractivity contribution in [1.29, 1.82) is 0 Å². The van der Waals surface area contributed by atoms with Crippen LogP contribution in [0.15, 0.2) is 28.1 Å². The number of nitrogens with zero attached hydrogens (tertiary/aromatic N) is 1. The molecule has 0 aliphatic heterocycles. The number of rotatable bonds is 4. The van der Waals surface area contributed by atoms with E-state index in [2.05, 4.69) is 43.7 Å². The second-order valence-electron chi connectivity index (χ2n) is 6.22. The van der Waals surface area contributed by atoms with Crippen LogP contribution in [0.4, 0.5) is 5.69 Å². The van der Waals surface area contributed by atoms with Gasteiger partial charge in [0.05, 0.1) is 20.4 Å². The normalized spacial score (nSPS) is 15.9. The number of hydrogen-bond acceptors (Lipinski definition) is 4. The first-order chi connectivity index (χ1) is 11.7. The van der Waals surface area contributed by atoms with Crippen molar-refractivity contribution in [3.8, 4) is 0 Å². The Morgan fingerprint density at radius 3 is 2.88 bits per heavy atom. The third kappa shape index (κ3) is 3.36. The Balaban J connectivity index is 1.70. The molecule has 1 aliphatic rings. The van der Waals surface area contributed by atoms with Gasteiger partial charge >= 0.3 is 0 Å². The molecule has 4 rings (SSSR count). The minimum absolute atomic E-state index is 0.546. The van der Waals surface area contributed by atoms with Gasteiger partial charge in [0, 0.05) is 22.4 Å². The van der Waals surface area contributed by atoms with Gasteiger partial charge in [0.1, 0.15) is 5.15 Å². The van der Waals surface area contributed by atoms with Crippen LogP contribution in [0.3, 0.4) is 0 Å². The van der Waals surface area contributed by atoms with Gasteiger partial charge in [-0.05, 0) is 46.1 Å². The zero-order chi connectivity index (χ0) is 16.5. The lowest BCUT2D eigenvalue weighted by Gasteiger charge is -2.20. The predicted octanol–water partition coefficient (Wildman–Crippen LogP) is 7.43. The van der Waals surface area contributed by atoms with Crippen LogP contribution < -0.4 is 5.32 Å². The first kappa shape index (κ1) is 16.8. The van der Waals surface area contributed by atoms with Crippen LogP contribution in [-0.2, 0) is 6.54 Å². The van der Waals surface area contributed by atoms with Crippen molar-refractivity contribution < 1.29 is 0 Å². The number of anilines is 1. The average molecular weight is 442 g/mol. The third-order valence-electron chi connectivity index (χ3n) is 4.59. The van der Waals surface area contributed by atoms with Crippen molar-refractivity contribution in [2.24, 2.45) is 0 Å². The number of nitrogens with one attached hydrogen (secondary N) is 1. The van der Waals surface area contributed by atoms with E-state index in [-0.39, 0.29) is 0 Å². The maximum atomic E-state index is 6.29. The summed E-state index contributed by atoms with van der Waals surface area (Å²) in [6.07, 6.45) is 6.62. The topological polar surface area (TPSA) is 24.9 Å². The van der Waals surface area contributed by atoms with E-state index in [1.54, 1.807) is 11.3 Å². The molecular weight excluding hydrogens is 424 g/mol. The Hall–Kier alpha value is -0.620. The quantitative estimate of drug-likeness (QED) is 0.426. The summed E-state index contributed by atoms with van der Waals surface area (Å²) in [4.78, 5) is 7.35. The van der Waals surface area contributed by atoms with Crippen LogP contribution in [0.2, 0.25) is 5.15 Å². The van der Waals surface area contributed by atoms with Gasteiger partial charge in [-0.1, -0.05) is 36.9 Å². The molecule has 0 unspecified atom stereocenters. The van der Waals surface area contributed by atoms with Gasteiger partial charge in [-0.15, -0.1) is 22.7 Å². The monoisotopic (exact) mass is 440 g/mol. The zero-order valence-corrected chi connectivity index (χ0v) is 17.1. The first-order valence-electron chi connectivity index (χ1n) is 8.27. The summed E-state index contributed by atoms with van der Waals surface area (Å²) in [6.45, 7) is 0.821. The largest absolute Gasteiger partial charge is 0.379 e. The van der Waals surface area contributed by atoms with E-state index in [0.717, 1.165) is 22.2 Å². The first-order valence-corrected chi connectivity index (χ1v) is 11.1. The van der Waals surface area contributed by atoms with E-state index in [9.17, 15) is 0 Å². The molecule has 1 N–H and O–H groups in total. The summed E-state index contributed by atoms with van der Waals surface area (Å²) in [5.41, 5.74) is 2.09. The standard InChI is InChI=1S/C18H18BrClN2S2/c19-15-16-18(24-17(15)11-5-2-1-3-6-11)13(9-14(20)22-16)21-10-12-7-4-8-23-12/h4,7-9,11H,1-3,5-6,10H2,(H,21,22). The molecule has 0 spiro atoms. The molecule has 0 radical (unpaired) electrons. The molecule has 1 fully saturated rings. The molecule has 1 aliphatic carbocycles. The SMILES string of the molecule is Clc1cc(NCc2cccs2)c2sc(C3CCCCC3)c(Br)c2n1. The van der Waals surface area contributed by atoms with Crippen LogP contribution in [0.1, 0.15) is 47.8 Å². The predicted molar refractivity (Wildman–Crippen MR) is 110 cm³/mol. The van der Waals surface area contributed by atoms with Gasteiger partial charge in [-0.2, -0.15) is 0 Å². The van der Waals surface area contributed by atoms with E-state index in [0.29, 0.717) is 11.1 Å². The molecule has 3 aromatic heterocycles. The van der Waals surface area contributed by atoms with Gasteiger partial charge in [-0.25, -0.2) is 4.98 Å². The van der Waals surface area contributed by atoms with Crippen LogP contribution in [-0.4, -0.2) is 4.98 Å². The number of halogens is 2. The lowest BCUT2D eigenvalue weighted by atomic mass is 9.88. The van der Waals surface area contributed by atoms with Crippen molar-refractivity contribution in [2.75, 3.05) is 5.32 Å². The molecule has 6 heteroatoms. The highest BCUT2D eigenvalue weighted by molar-refractivity contribution is 9.10. The van der Waals surface area contributed by atoms with Crippen LogP contribution in [0.25, 0.3) is 10.2 Å². The minimum atomic E-state index is 0.546. The Kier molecular flexibility index (Phi) is 5.13. The van der Waals surface area contributed by atoms with Gasteiger partial charge in [0.15, 0.2) is 0 Å². The minimum Gasteiger partial charge on any atom is -0.379 e. The molecule has 3 aromatic rings. The second kappa shape index (κ2) is 7.32. The summed E-state index contributed by atoms with van der Waals surface area (Å²) >= 11 is 13.7. The lowest BCUT2D eigenvalue weighted by Crippen LogP contribution is -2.02. The van der Waals surface area contributed by atoms with Crippen molar-refractivity contribution >= 4 is 66.1 Å². The molecule has 24 heavy (non-hydrogen) atoms. The number of thiophene rings is 2. The highest BCUT2D eigenvalue weighted by Crippen LogP contribution is 2.46. The van der Waals surface area contributed by atoms with E-state index >= 15 is 0 Å². The van der Waals surface area contributed by atoms with Crippen molar-refractivity contribution in [3.05, 3.63) is 43.0 Å². The number of aromatic nitrogens is 1. The second-order valence-corrected chi connectivity index (χ2v) is 9.48. The highest BCUT2D eigenvalue weighted by Gasteiger charge is 2.23. The fourth-order valence-electron chi connectivity index (χ4n) is 3.38. The fraction of sp³-hybridized carbons (Fsp3) is 0.389. The highest BCUT2D eigenvalue weighted by atomic mass is 79.9. The van der Waals surface area contributed by atoms with Gasteiger partial charge in [0.25, 0.3) is 0 Å². The molecule has 0 bridgehead atoms. The summed E-state index contributed by atoms with van der Waals surface area (Å²) in [5.74, 6) is 0.663. The summed E-state index contributed by atoms with van der Waals surface area (Å²) in [7, 11) is 0. The maximum Gasteiger partial charge on any atom is 0.131 e. The molecule has 2 nitrogen and oxygen atoms in total. The zero-order valence-electron chi connectivity index (χ0n) is 13.1. The molecule has 0 saturated heterocycles. The lowest BCUT2D eigenvalue weighted by molar-refractivity contribution is 0.447. The third-order valence-corrected chi connectivity index (χ3v) is 8.10. The molecule has 126 valence electrons. The Labute approximate surface area is 163 Å².